The number of rotatable bonds is 0. The van der Waals surface area contributed by atoms with E-state index in [2.05, 4.69) is 84.0 Å². The van der Waals surface area contributed by atoms with E-state index in [1.807, 2.05) is 6.07 Å². The maximum atomic E-state index is 8.63. The first-order valence-corrected chi connectivity index (χ1v) is 14.6. The Bertz CT molecular complexity index is 1100. The fraction of sp³-hybridized carbons (Fsp3) is 0.296. The summed E-state index contributed by atoms with van der Waals surface area (Å²) in [6.45, 7) is 13.7. The Labute approximate surface area is 203 Å². The number of phenolic OH excluding ortho intramolecular Hbond substituents is 1. The van der Waals surface area contributed by atoms with Gasteiger partial charge < -0.3 is 5.11 Å². The second-order valence-corrected chi connectivity index (χ2v) is 12.2. The van der Waals surface area contributed by atoms with E-state index in [0.717, 1.165) is 0 Å². The zero-order valence-corrected chi connectivity index (χ0v) is 22.2. The first-order valence-electron chi connectivity index (χ1n) is 10.3. The molecule has 31 heavy (non-hydrogen) atoms. The number of hydrogen-bond donors (Lipinski definition) is 1. The van der Waals surface area contributed by atoms with Crippen LogP contribution >= 0.6 is 18.6 Å². The molecule has 4 rings (SSSR count). The predicted molar refractivity (Wildman–Crippen MR) is 134 cm³/mol. The van der Waals surface area contributed by atoms with Gasteiger partial charge in [0.25, 0.3) is 0 Å². The van der Waals surface area contributed by atoms with E-state index in [1.54, 1.807) is 24.3 Å². The van der Waals surface area contributed by atoms with Crippen LogP contribution in [0.3, 0.4) is 0 Å². The second-order valence-electron chi connectivity index (χ2n) is 9.62. The molecular weight excluding hydrogens is 459 g/mol. The summed E-state index contributed by atoms with van der Waals surface area (Å²) in [5.41, 5.74) is 3.21. The quantitative estimate of drug-likeness (QED) is 0.193. The number of para-hydroxylation sites is 1. The molecule has 0 fully saturated rings. The Morgan fingerprint density at radius 2 is 1.35 bits per heavy atom. The SMILES string of the molecule is CC(C)(C)c1ccc2[cH-]c3cccc(C(C)(C)C)c3c2c1.Oc1ccccc1.[Cl][Ti][Cl]. The molecule has 0 unspecified atom stereocenters. The van der Waals surface area contributed by atoms with Crippen molar-refractivity contribution in [1.29, 1.82) is 0 Å². The van der Waals surface area contributed by atoms with Crippen molar-refractivity contribution in [2.45, 2.75) is 52.4 Å². The Balaban J connectivity index is 0.000000284. The van der Waals surface area contributed by atoms with Gasteiger partial charge in [-0.2, -0.15) is 0 Å². The molecule has 0 saturated carbocycles. The van der Waals surface area contributed by atoms with Crippen LogP contribution in [0.4, 0.5) is 0 Å². The van der Waals surface area contributed by atoms with E-state index >= 15 is 0 Å². The van der Waals surface area contributed by atoms with Crippen LogP contribution in [-0.2, 0) is 27.9 Å². The molecule has 0 saturated heterocycles. The molecule has 4 heteroatoms. The van der Waals surface area contributed by atoms with Crippen molar-refractivity contribution in [1.82, 2.24) is 0 Å². The molecule has 0 spiro atoms. The number of halogens is 2. The van der Waals surface area contributed by atoms with E-state index in [1.165, 1.54) is 32.7 Å². The number of benzene rings is 3. The van der Waals surface area contributed by atoms with Crippen LogP contribution in [0.5, 0.6) is 5.75 Å². The van der Waals surface area contributed by atoms with Gasteiger partial charge in [-0.15, -0.1) is 39.7 Å². The van der Waals surface area contributed by atoms with Crippen molar-refractivity contribution < 1.29 is 22.1 Å². The first-order chi connectivity index (χ1) is 14.5. The summed E-state index contributed by atoms with van der Waals surface area (Å²) in [6, 6.07) is 24.7. The molecule has 0 aliphatic heterocycles. The molecule has 164 valence electrons. The van der Waals surface area contributed by atoms with Gasteiger partial charge in [0.1, 0.15) is 5.75 Å². The normalized spacial score (nSPS) is 11.4. The van der Waals surface area contributed by atoms with Crippen LogP contribution in [0, 0.1) is 0 Å². The third-order valence-electron chi connectivity index (χ3n) is 5.16. The summed E-state index contributed by atoms with van der Waals surface area (Å²) in [5.74, 6) is 0.322. The summed E-state index contributed by atoms with van der Waals surface area (Å²) in [7, 11) is 9.78. The van der Waals surface area contributed by atoms with Crippen LogP contribution < -0.4 is 0 Å². The van der Waals surface area contributed by atoms with E-state index in [-0.39, 0.29) is 10.8 Å². The molecule has 1 nitrogen and oxygen atoms in total. The van der Waals surface area contributed by atoms with Crippen molar-refractivity contribution in [2.75, 3.05) is 0 Å². The average Bonchev–Trinajstić information content (AvgIpc) is 3.06. The summed E-state index contributed by atoms with van der Waals surface area (Å²) in [6.07, 6.45) is 0. The van der Waals surface area contributed by atoms with Gasteiger partial charge in [0, 0.05) is 0 Å². The van der Waals surface area contributed by atoms with Crippen molar-refractivity contribution in [2.24, 2.45) is 0 Å². The van der Waals surface area contributed by atoms with Crippen molar-refractivity contribution >= 4 is 40.2 Å². The third kappa shape index (κ3) is 7.06. The van der Waals surface area contributed by atoms with Crippen molar-refractivity contribution in [3.63, 3.8) is 0 Å². The summed E-state index contributed by atoms with van der Waals surface area (Å²) in [5, 5.41) is 14.2. The minimum absolute atomic E-state index is 0.165. The average molecular weight is 490 g/mol. The van der Waals surface area contributed by atoms with Gasteiger partial charge in [-0.1, -0.05) is 95.1 Å². The summed E-state index contributed by atoms with van der Waals surface area (Å²) < 4.78 is 0. The maximum absolute atomic E-state index is 8.63. The van der Waals surface area contributed by atoms with Crippen LogP contribution in [0.1, 0.15) is 52.7 Å². The number of hydrogen-bond acceptors (Lipinski definition) is 1. The number of fused-ring (bicyclic) bond motifs is 3. The standard InChI is InChI=1S/C21H25.C6H6O.2ClH.Ti/c1-20(2,3)16-11-10-14-12-15-8-7-9-18(21(4,5)6)19(15)17(14)13-16;7-6-4-2-1-3-5-6;;;/h7-13H,1-6H3;1-5,7H;2*1H;/q-1;;;;+2/p-2. The Morgan fingerprint density at radius 3 is 1.84 bits per heavy atom. The van der Waals surface area contributed by atoms with Gasteiger partial charge in [0.2, 0.25) is 0 Å². The van der Waals surface area contributed by atoms with Crippen LogP contribution in [0.15, 0.2) is 72.8 Å². The van der Waals surface area contributed by atoms with Gasteiger partial charge in [0.05, 0.1) is 0 Å². The zero-order chi connectivity index (χ0) is 23.2. The molecule has 0 bridgehead atoms. The van der Waals surface area contributed by atoms with Crippen molar-refractivity contribution in [3.05, 3.63) is 83.9 Å². The van der Waals surface area contributed by atoms with Crippen molar-refractivity contribution in [3.8, 4) is 5.75 Å². The Hall–Kier alpha value is -1.38. The molecule has 0 atom stereocenters. The molecule has 0 aromatic heterocycles. The molecule has 4 aromatic rings. The van der Waals surface area contributed by atoms with E-state index in [9.17, 15) is 0 Å². The molecular formula is C27H31Cl2OTi-. The Kier molecular flexibility index (Phi) is 9.16. The minimum atomic E-state index is -0.556. The molecule has 0 radical (unpaired) electrons. The fourth-order valence-electron chi connectivity index (χ4n) is 3.58. The van der Waals surface area contributed by atoms with Crippen LogP contribution in [-0.4, -0.2) is 5.11 Å². The molecule has 0 aliphatic carbocycles. The summed E-state index contributed by atoms with van der Waals surface area (Å²) >= 11 is -0.556. The number of aromatic hydroxyl groups is 1. The van der Waals surface area contributed by atoms with Gasteiger partial charge in [-0.25, -0.2) is 0 Å². The van der Waals surface area contributed by atoms with Crippen LogP contribution in [0.25, 0.3) is 21.5 Å². The molecule has 0 aliphatic rings. The zero-order valence-electron chi connectivity index (χ0n) is 19.1. The molecule has 4 aromatic carbocycles. The van der Waals surface area contributed by atoms with Crippen LogP contribution in [0.2, 0.25) is 0 Å². The Morgan fingerprint density at radius 1 is 0.742 bits per heavy atom. The third-order valence-corrected chi connectivity index (χ3v) is 5.16. The molecule has 0 amide bonds. The number of phenols is 1. The second kappa shape index (κ2) is 11.0. The van der Waals surface area contributed by atoms with Gasteiger partial charge >= 0.3 is 35.6 Å². The van der Waals surface area contributed by atoms with E-state index in [0.29, 0.717) is 5.75 Å². The van der Waals surface area contributed by atoms with E-state index < -0.39 is 17.0 Å². The van der Waals surface area contributed by atoms with Gasteiger partial charge in [0.15, 0.2) is 0 Å². The predicted octanol–water partition coefficient (Wildman–Crippen LogP) is 9.08. The fourth-order valence-corrected chi connectivity index (χ4v) is 3.58. The van der Waals surface area contributed by atoms with Gasteiger partial charge in [-0.05, 0) is 23.0 Å². The monoisotopic (exact) mass is 489 g/mol. The van der Waals surface area contributed by atoms with Gasteiger partial charge in [-0.3, -0.25) is 0 Å². The molecule has 0 heterocycles. The van der Waals surface area contributed by atoms with E-state index in [4.69, 9.17) is 23.7 Å². The summed E-state index contributed by atoms with van der Waals surface area (Å²) in [4.78, 5) is 0. The topological polar surface area (TPSA) is 20.2 Å². The molecule has 1 N–H and O–H groups in total. The first kappa shape index (κ1) is 25.9.